The summed E-state index contributed by atoms with van der Waals surface area (Å²) in [6.45, 7) is 3.56. The summed E-state index contributed by atoms with van der Waals surface area (Å²) in [5, 5.41) is 0. The van der Waals surface area contributed by atoms with Gasteiger partial charge in [0.15, 0.2) is 0 Å². The van der Waals surface area contributed by atoms with Crippen molar-refractivity contribution in [1.82, 2.24) is 0 Å². The summed E-state index contributed by atoms with van der Waals surface area (Å²) in [5.74, 6) is -2.48. The highest BCUT2D eigenvalue weighted by molar-refractivity contribution is 5.21. The summed E-state index contributed by atoms with van der Waals surface area (Å²) >= 11 is 0. The van der Waals surface area contributed by atoms with Gasteiger partial charge in [-0.05, 0) is 25.3 Å². The molecule has 0 saturated carbocycles. The van der Waals surface area contributed by atoms with E-state index in [-0.39, 0.29) is 12.8 Å². The molecule has 0 atom stereocenters. The summed E-state index contributed by atoms with van der Waals surface area (Å²) in [6, 6.07) is 8.07. The van der Waals surface area contributed by atoms with Crippen LogP contribution in [0.25, 0.3) is 0 Å². The molecule has 0 aromatic heterocycles. The molecule has 1 rings (SSSR count). The second kappa shape index (κ2) is 5.24. The van der Waals surface area contributed by atoms with Crippen molar-refractivity contribution in [2.24, 2.45) is 0 Å². The van der Waals surface area contributed by atoms with Crippen molar-refractivity contribution < 1.29 is 8.78 Å². The van der Waals surface area contributed by atoms with Gasteiger partial charge in [-0.3, -0.25) is 0 Å². The monoisotopic (exact) mass is 212 g/mol. The van der Waals surface area contributed by atoms with Crippen molar-refractivity contribution in [1.29, 1.82) is 0 Å². The van der Waals surface area contributed by atoms with Crippen molar-refractivity contribution in [3.63, 3.8) is 0 Å². The maximum atomic E-state index is 12.9. The fraction of sp³-hybridized carbons (Fsp3) is 0.538. The van der Waals surface area contributed by atoms with Crippen LogP contribution in [0.4, 0.5) is 8.78 Å². The lowest BCUT2D eigenvalue weighted by Gasteiger charge is -2.13. The summed E-state index contributed by atoms with van der Waals surface area (Å²) < 4.78 is 25.8. The Labute approximate surface area is 90.3 Å². The van der Waals surface area contributed by atoms with Gasteiger partial charge in [-0.1, -0.05) is 36.8 Å². The van der Waals surface area contributed by atoms with Gasteiger partial charge in [0.05, 0.1) is 0 Å². The SMILES string of the molecule is CCC(F)(F)CCCc1ccc(C)cc1. The third-order valence-corrected chi connectivity index (χ3v) is 2.65. The quantitative estimate of drug-likeness (QED) is 0.680. The van der Waals surface area contributed by atoms with Crippen LogP contribution in [0.1, 0.15) is 37.3 Å². The molecule has 15 heavy (non-hydrogen) atoms. The molecule has 0 spiro atoms. The maximum absolute atomic E-state index is 12.9. The summed E-state index contributed by atoms with van der Waals surface area (Å²) in [5.41, 5.74) is 2.35. The molecule has 0 saturated heterocycles. The molecular formula is C13H18F2. The van der Waals surface area contributed by atoms with E-state index in [0.717, 1.165) is 12.0 Å². The molecule has 0 aliphatic heterocycles. The fourth-order valence-corrected chi connectivity index (χ4v) is 1.48. The van der Waals surface area contributed by atoms with Crippen LogP contribution in [0.2, 0.25) is 0 Å². The minimum atomic E-state index is -2.48. The molecule has 2 heteroatoms. The molecule has 1 aromatic carbocycles. The van der Waals surface area contributed by atoms with E-state index in [4.69, 9.17) is 0 Å². The Bertz CT molecular complexity index is 288. The van der Waals surface area contributed by atoms with E-state index in [1.807, 2.05) is 31.2 Å². The molecule has 0 aliphatic rings. The van der Waals surface area contributed by atoms with Crippen LogP contribution >= 0.6 is 0 Å². The maximum Gasteiger partial charge on any atom is 0.247 e. The van der Waals surface area contributed by atoms with Crippen molar-refractivity contribution in [3.05, 3.63) is 35.4 Å². The number of aryl methyl sites for hydroxylation is 2. The van der Waals surface area contributed by atoms with Crippen LogP contribution < -0.4 is 0 Å². The molecule has 0 unspecified atom stereocenters. The van der Waals surface area contributed by atoms with Crippen LogP contribution in [0, 0.1) is 6.92 Å². The predicted molar refractivity (Wildman–Crippen MR) is 59.4 cm³/mol. The molecule has 84 valence electrons. The molecule has 0 bridgehead atoms. The number of hydrogen-bond donors (Lipinski definition) is 0. The number of benzene rings is 1. The van der Waals surface area contributed by atoms with E-state index in [1.165, 1.54) is 12.5 Å². The lowest BCUT2D eigenvalue weighted by atomic mass is 10.0. The van der Waals surface area contributed by atoms with E-state index >= 15 is 0 Å². The number of rotatable bonds is 5. The predicted octanol–water partition coefficient (Wildman–Crippen LogP) is 4.36. The molecule has 0 heterocycles. The number of alkyl halides is 2. The largest absolute Gasteiger partial charge is 0.247 e. The minimum absolute atomic E-state index is 0.00260. The molecule has 0 amide bonds. The van der Waals surface area contributed by atoms with E-state index in [0.29, 0.717) is 6.42 Å². The van der Waals surface area contributed by atoms with Gasteiger partial charge in [0, 0.05) is 12.8 Å². The van der Waals surface area contributed by atoms with E-state index in [2.05, 4.69) is 0 Å². The van der Waals surface area contributed by atoms with E-state index < -0.39 is 5.92 Å². The molecule has 0 fully saturated rings. The molecule has 0 nitrogen and oxygen atoms in total. The first-order chi connectivity index (χ1) is 7.03. The molecular weight excluding hydrogens is 194 g/mol. The Morgan fingerprint density at radius 2 is 1.73 bits per heavy atom. The van der Waals surface area contributed by atoms with Gasteiger partial charge < -0.3 is 0 Å². The van der Waals surface area contributed by atoms with Crippen molar-refractivity contribution in [2.75, 3.05) is 0 Å². The van der Waals surface area contributed by atoms with Crippen molar-refractivity contribution in [2.45, 2.75) is 45.5 Å². The second-order valence-electron chi connectivity index (χ2n) is 4.05. The van der Waals surface area contributed by atoms with Crippen LogP contribution in [0.15, 0.2) is 24.3 Å². The Morgan fingerprint density at radius 1 is 1.13 bits per heavy atom. The highest BCUT2D eigenvalue weighted by Gasteiger charge is 2.24. The van der Waals surface area contributed by atoms with Crippen molar-refractivity contribution >= 4 is 0 Å². The van der Waals surface area contributed by atoms with E-state index in [1.54, 1.807) is 0 Å². The average molecular weight is 212 g/mol. The van der Waals surface area contributed by atoms with E-state index in [9.17, 15) is 8.78 Å². The minimum Gasteiger partial charge on any atom is -0.207 e. The topological polar surface area (TPSA) is 0 Å². The first kappa shape index (κ1) is 12.2. The van der Waals surface area contributed by atoms with Crippen LogP contribution in [0.5, 0.6) is 0 Å². The summed E-state index contributed by atoms with van der Waals surface area (Å²) in [4.78, 5) is 0. The molecule has 1 aromatic rings. The van der Waals surface area contributed by atoms with Gasteiger partial charge in [-0.15, -0.1) is 0 Å². The number of halogens is 2. The molecule has 0 aliphatic carbocycles. The van der Waals surface area contributed by atoms with Gasteiger partial charge in [-0.2, -0.15) is 0 Å². The first-order valence-electron chi connectivity index (χ1n) is 5.47. The molecule has 0 N–H and O–H groups in total. The van der Waals surface area contributed by atoms with Gasteiger partial charge in [0.2, 0.25) is 5.92 Å². The standard InChI is InChI=1S/C13H18F2/c1-3-13(14,15)10-4-5-12-8-6-11(2)7-9-12/h6-9H,3-5,10H2,1-2H3. The summed E-state index contributed by atoms with van der Waals surface area (Å²) in [6.07, 6.45) is 1.25. The highest BCUT2D eigenvalue weighted by atomic mass is 19.3. The third kappa shape index (κ3) is 4.41. The van der Waals surface area contributed by atoms with Crippen molar-refractivity contribution in [3.8, 4) is 0 Å². The zero-order valence-corrected chi connectivity index (χ0v) is 9.39. The zero-order chi connectivity index (χ0) is 11.3. The van der Waals surface area contributed by atoms with Crippen LogP contribution in [-0.2, 0) is 6.42 Å². The Kier molecular flexibility index (Phi) is 4.25. The van der Waals surface area contributed by atoms with Gasteiger partial charge >= 0.3 is 0 Å². The van der Waals surface area contributed by atoms with Crippen LogP contribution in [-0.4, -0.2) is 5.92 Å². The highest BCUT2D eigenvalue weighted by Crippen LogP contribution is 2.24. The van der Waals surface area contributed by atoms with Gasteiger partial charge in [0.1, 0.15) is 0 Å². The lowest BCUT2D eigenvalue weighted by molar-refractivity contribution is -0.0130. The fourth-order valence-electron chi connectivity index (χ4n) is 1.48. The van der Waals surface area contributed by atoms with Gasteiger partial charge in [-0.25, -0.2) is 8.78 Å². The second-order valence-corrected chi connectivity index (χ2v) is 4.05. The smallest absolute Gasteiger partial charge is 0.207 e. The lowest BCUT2D eigenvalue weighted by Crippen LogP contribution is -2.14. The molecule has 0 radical (unpaired) electrons. The van der Waals surface area contributed by atoms with Gasteiger partial charge in [0.25, 0.3) is 0 Å². The zero-order valence-electron chi connectivity index (χ0n) is 9.39. The average Bonchev–Trinajstić information content (AvgIpc) is 2.21. The number of hydrogen-bond acceptors (Lipinski definition) is 0. The normalized spacial score (nSPS) is 11.7. The Morgan fingerprint density at radius 3 is 2.27 bits per heavy atom. The van der Waals surface area contributed by atoms with Crippen LogP contribution in [0.3, 0.4) is 0 Å². The Hall–Kier alpha value is -0.920. The first-order valence-corrected chi connectivity index (χ1v) is 5.47. The Balaban J connectivity index is 2.35. The third-order valence-electron chi connectivity index (χ3n) is 2.65. The summed E-state index contributed by atoms with van der Waals surface area (Å²) in [7, 11) is 0.